The van der Waals surface area contributed by atoms with Crippen LogP contribution >= 0.6 is 0 Å². The molecule has 0 spiro atoms. The van der Waals surface area contributed by atoms with Crippen molar-refractivity contribution in [2.75, 3.05) is 0 Å². The SMILES string of the molecule is CC(C)[Si](C#Cc1ccc(-c2cc3cc4nc5ccccc5nc4cc3cc2C#C[Si](C(C)C)(C(C)C)C(C)C)cc1)(C(C)C)C(C)C. The second-order valence-corrected chi connectivity index (χ2v) is 26.8. The van der Waals surface area contributed by atoms with Gasteiger partial charge in [-0.25, -0.2) is 9.97 Å². The number of rotatable bonds is 7. The zero-order chi connectivity index (χ0) is 35.0. The number of hydrogen-bond acceptors (Lipinski definition) is 2. The van der Waals surface area contributed by atoms with Crippen LogP contribution in [0.3, 0.4) is 0 Å². The topological polar surface area (TPSA) is 25.8 Å². The van der Waals surface area contributed by atoms with Crippen molar-refractivity contribution in [3.05, 3.63) is 83.9 Å². The second kappa shape index (κ2) is 14.0. The molecule has 0 bridgehead atoms. The van der Waals surface area contributed by atoms with Gasteiger partial charge in [-0.1, -0.05) is 119 Å². The van der Waals surface area contributed by atoms with Crippen LogP contribution in [0, 0.1) is 22.9 Å². The normalized spacial score (nSPS) is 12.5. The van der Waals surface area contributed by atoms with Crippen LogP contribution in [0.5, 0.6) is 0 Å². The molecule has 5 rings (SSSR count). The lowest BCUT2D eigenvalue weighted by Gasteiger charge is -2.38. The van der Waals surface area contributed by atoms with Crippen molar-refractivity contribution in [3.8, 4) is 34.1 Å². The Kier molecular flexibility index (Phi) is 10.4. The van der Waals surface area contributed by atoms with Crippen LogP contribution < -0.4 is 0 Å². The van der Waals surface area contributed by atoms with Gasteiger partial charge >= 0.3 is 0 Å². The van der Waals surface area contributed by atoms with E-state index in [1.54, 1.807) is 0 Å². The van der Waals surface area contributed by atoms with Gasteiger partial charge < -0.3 is 0 Å². The molecule has 0 aliphatic heterocycles. The molecular weight excluding hydrogens is 613 g/mol. The molecule has 0 aliphatic rings. The molecule has 0 N–H and O–H groups in total. The van der Waals surface area contributed by atoms with Crippen molar-refractivity contribution < 1.29 is 0 Å². The van der Waals surface area contributed by atoms with Crippen LogP contribution in [-0.2, 0) is 0 Å². The molecule has 0 saturated carbocycles. The molecule has 2 nitrogen and oxygen atoms in total. The van der Waals surface area contributed by atoms with E-state index in [1.807, 2.05) is 24.3 Å². The lowest BCUT2D eigenvalue weighted by atomic mass is 9.95. The zero-order valence-corrected chi connectivity index (χ0v) is 33.3. The van der Waals surface area contributed by atoms with Gasteiger partial charge in [0.1, 0.15) is 16.1 Å². The van der Waals surface area contributed by atoms with Gasteiger partial charge in [-0.15, -0.1) is 11.1 Å². The third kappa shape index (κ3) is 6.50. The summed E-state index contributed by atoms with van der Waals surface area (Å²) in [5.74, 6) is 7.46. The highest BCUT2D eigenvalue weighted by molar-refractivity contribution is 6.91. The molecule has 1 aromatic heterocycles. The first-order chi connectivity index (χ1) is 22.7. The maximum Gasteiger partial charge on any atom is 0.146 e. The summed E-state index contributed by atoms with van der Waals surface area (Å²) in [6, 6.07) is 26.0. The van der Waals surface area contributed by atoms with Crippen molar-refractivity contribution in [1.82, 2.24) is 9.97 Å². The second-order valence-electron chi connectivity index (χ2n) is 15.7. The van der Waals surface area contributed by atoms with E-state index in [4.69, 9.17) is 9.97 Å². The van der Waals surface area contributed by atoms with E-state index in [9.17, 15) is 0 Å². The summed E-state index contributed by atoms with van der Waals surface area (Å²) in [7, 11) is -3.75. The molecular formula is C44H54N2Si2. The van der Waals surface area contributed by atoms with E-state index in [0.717, 1.165) is 49.5 Å². The van der Waals surface area contributed by atoms with Crippen molar-refractivity contribution >= 4 is 49.0 Å². The molecule has 0 amide bonds. The number of hydrogen-bond donors (Lipinski definition) is 0. The van der Waals surface area contributed by atoms with Crippen molar-refractivity contribution in [2.45, 2.75) is 116 Å². The van der Waals surface area contributed by atoms with Gasteiger partial charge in [-0.3, -0.25) is 0 Å². The van der Waals surface area contributed by atoms with Crippen LogP contribution in [0.4, 0.5) is 0 Å². The third-order valence-corrected chi connectivity index (χ3v) is 23.8. The van der Waals surface area contributed by atoms with E-state index in [0.29, 0.717) is 33.2 Å². The quantitative estimate of drug-likeness (QED) is 0.0981. The number of aromatic nitrogens is 2. The Morgan fingerprint density at radius 2 is 0.875 bits per heavy atom. The molecule has 0 atom stereocenters. The lowest BCUT2D eigenvalue weighted by Crippen LogP contribution is -2.43. The molecule has 0 saturated heterocycles. The molecule has 0 radical (unpaired) electrons. The molecule has 4 heteroatoms. The molecule has 0 fully saturated rings. The molecule has 4 aromatic carbocycles. The fourth-order valence-electron chi connectivity index (χ4n) is 8.71. The van der Waals surface area contributed by atoms with Gasteiger partial charge in [0.15, 0.2) is 0 Å². The minimum absolute atomic E-state index is 0.567. The van der Waals surface area contributed by atoms with Crippen LogP contribution in [0.25, 0.3) is 44.0 Å². The Labute approximate surface area is 292 Å². The van der Waals surface area contributed by atoms with E-state index >= 15 is 0 Å². The van der Waals surface area contributed by atoms with Gasteiger partial charge in [-0.05, 0) is 104 Å². The lowest BCUT2D eigenvalue weighted by molar-refractivity contribution is 0.838. The standard InChI is InChI=1S/C44H54N2Si2/c1-29(2)47(30(3)4,31(5)6)23-21-35-17-19-36(20-18-35)40-26-39-28-44-43(45-41-15-13-14-16-42(41)46-44)27-38(39)25-37(40)22-24-48(32(7)8,33(9)10)34(11)12/h13-20,25-34H,1-12H3. The number of para-hydroxylation sites is 2. The summed E-state index contributed by atoms with van der Waals surface area (Å²) >= 11 is 0. The smallest absolute Gasteiger partial charge is 0.146 e. The maximum atomic E-state index is 4.97. The largest absolute Gasteiger partial charge is 0.244 e. The Bertz CT molecular complexity index is 2020. The Morgan fingerprint density at radius 3 is 1.31 bits per heavy atom. The average Bonchev–Trinajstić information content (AvgIpc) is 3.02. The number of nitrogens with zero attached hydrogens (tertiary/aromatic N) is 2. The minimum Gasteiger partial charge on any atom is -0.244 e. The van der Waals surface area contributed by atoms with Crippen molar-refractivity contribution in [2.24, 2.45) is 0 Å². The predicted molar refractivity (Wildman–Crippen MR) is 216 cm³/mol. The Morgan fingerprint density at radius 1 is 0.458 bits per heavy atom. The molecule has 1 heterocycles. The molecule has 248 valence electrons. The van der Waals surface area contributed by atoms with Crippen molar-refractivity contribution in [1.29, 1.82) is 0 Å². The Balaban J connectivity index is 1.70. The van der Waals surface area contributed by atoms with E-state index in [1.165, 1.54) is 5.56 Å². The number of benzene rings is 4. The van der Waals surface area contributed by atoms with Gasteiger partial charge in [0.25, 0.3) is 0 Å². The average molecular weight is 667 g/mol. The summed E-state index contributed by atoms with van der Waals surface area (Å²) < 4.78 is 0. The van der Waals surface area contributed by atoms with Gasteiger partial charge in [0.05, 0.1) is 22.1 Å². The van der Waals surface area contributed by atoms with Crippen LogP contribution in [0.1, 0.15) is 94.2 Å². The van der Waals surface area contributed by atoms with Crippen LogP contribution in [-0.4, -0.2) is 26.1 Å². The summed E-state index contributed by atoms with van der Waals surface area (Å²) in [6.45, 7) is 28.5. The van der Waals surface area contributed by atoms with E-state index in [-0.39, 0.29) is 0 Å². The zero-order valence-electron chi connectivity index (χ0n) is 31.3. The molecule has 0 aliphatic carbocycles. The first-order valence-electron chi connectivity index (χ1n) is 18.0. The van der Waals surface area contributed by atoms with Crippen LogP contribution in [0.2, 0.25) is 33.2 Å². The summed E-state index contributed by atoms with van der Waals surface area (Å²) in [5.41, 5.74) is 19.6. The maximum absolute atomic E-state index is 4.97. The van der Waals surface area contributed by atoms with Gasteiger partial charge in [0, 0.05) is 11.1 Å². The first kappa shape index (κ1) is 35.6. The van der Waals surface area contributed by atoms with E-state index in [2.05, 4.69) is 155 Å². The third-order valence-electron chi connectivity index (χ3n) is 11.2. The van der Waals surface area contributed by atoms with Gasteiger partial charge in [-0.2, -0.15) is 0 Å². The summed E-state index contributed by atoms with van der Waals surface area (Å²) in [5, 5.41) is 2.30. The highest BCUT2D eigenvalue weighted by Crippen LogP contribution is 2.42. The summed E-state index contributed by atoms with van der Waals surface area (Å²) in [4.78, 5) is 9.94. The highest BCUT2D eigenvalue weighted by atomic mass is 28.3. The minimum atomic E-state index is -1.94. The van der Waals surface area contributed by atoms with Gasteiger partial charge in [0.2, 0.25) is 0 Å². The monoisotopic (exact) mass is 666 g/mol. The Hall–Kier alpha value is -3.71. The fraction of sp³-hybridized carbons (Fsp3) is 0.409. The van der Waals surface area contributed by atoms with Crippen LogP contribution in [0.15, 0.2) is 72.8 Å². The predicted octanol–water partition coefficient (Wildman–Crippen LogP) is 12.7. The van der Waals surface area contributed by atoms with Crippen molar-refractivity contribution in [3.63, 3.8) is 0 Å². The molecule has 0 unspecified atom stereocenters. The molecule has 48 heavy (non-hydrogen) atoms. The summed E-state index contributed by atoms with van der Waals surface area (Å²) in [6.07, 6.45) is 0. The molecule has 5 aromatic rings. The highest BCUT2D eigenvalue weighted by Gasteiger charge is 2.42. The first-order valence-corrected chi connectivity index (χ1v) is 22.5. The number of fused-ring (bicyclic) bond motifs is 3. The fourth-order valence-corrected chi connectivity index (χ4v) is 19.2. The van der Waals surface area contributed by atoms with E-state index < -0.39 is 16.1 Å².